The van der Waals surface area contributed by atoms with Crippen molar-refractivity contribution in [1.29, 1.82) is 0 Å². The molecule has 0 bridgehead atoms. The summed E-state index contributed by atoms with van der Waals surface area (Å²) in [6.07, 6.45) is 0. The Morgan fingerprint density at radius 2 is 1.82 bits per heavy atom. The fourth-order valence-corrected chi connectivity index (χ4v) is 3.87. The molecule has 5 heteroatoms. The van der Waals surface area contributed by atoms with Crippen molar-refractivity contribution >= 4 is 33.1 Å². The maximum atomic E-state index is 12.2. The van der Waals surface area contributed by atoms with E-state index in [4.69, 9.17) is 9.72 Å². The third-order valence-corrected chi connectivity index (χ3v) is 5.50. The number of rotatable bonds is 5. The van der Waals surface area contributed by atoms with Crippen molar-refractivity contribution in [2.45, 2.75) is 13.8 Å². The molecule has 0 unspecified atom stereocenters. The van der Waals surface area contributed by atoms with Gasteiger partial charge in [0.15, 0.2) is 6.61 Å². The van der Waals surface area contributed by atoms with Crippen molar-refractivity contribution < 1.29 is 9.53 Å². The van der Waals surface area contributed by atoms with Gasteiger partial charge in [0.2, 0.25) is 0 Å². The second kappa shape index (κ2) is 7.82. The summed E-state index contributed by atoms with van der Waals surface area (Å²) in [5.74, 6) is 0.533. The van der Waals surface area contributed by atoms with E-state index < -0.39 is 0 Å². The van der Waals surface area contributed by atoms with Gasteiger partial charge >= 0.3 is 0 Å². The molecule has 3 aromatic carbocycles. The van der Waals surface area contributed by atoms with Gasteiger partial charge in [0, 0.05) is 11.3 Å². The molecule has 0 aliphatic carbocycles. The molecule has 1 heterocycles. The lowest BCUT2D eigenvalue weighted by Gasteiger charge is -2.09. The molecule has 4 aromatic rings. The summed E-state index contributed by atoms with van der Waals surface area (Å²) in [5.41, 5.74) is 5.00. The highest BCUT2D eigenvalue weighted by atomic mass is 32.1. The minimum Gasteiger partial charge on any atom is -0.483 e. The number of carbonyl (C=O) groups excluding carboxylic acids is 1. The topological polar surface area (TPSA) is 51.2 Å². The predicted molar refractivity (Wildman–Crippen MR) is 115 cm³/mol. The second-order valence-corrected chi connectivity index (χ2v) is 7.70. The molecular weight excluding hydrogens is 368 g/mol. The van der Waals surface area contributed by atoms with Gasteiger partial charge in [-0.3, -0.25) is 4.79 Å². The summed E-state index contributed by atoms with van der Waals surface area (Å²) in [7, 11) is 0. The van der Waals surface area contributed by atoms with Gasteiger partial charge in [-0.2, -0.15) is 0 Å². The Morgan fingerprint density at radius 1 is 1.04 bits per heavy atom. The molecule has 0 aliphatic heterocycles. The number of para-hydroxylation sites is 1. The zero-order valence-corrected chi connectivity index (χ0v) is 16.5. The Hall–Kier alpha value is -3.18. The first-order chi connectivity index (χ1) is 13.6. The van der Waals surface area contributed by atoms with Crippen molar-refractivity contribution in [3.8, 4) is 16.3 Å². The van der Waals surface area contributed by atoms with E-state index >= 15 is 0 Å². The van der Waals surface area contributed by atoms with Gasteiger partial charge in [-0.15, -0.1) is 11.3 Å². The average molecular weight is 388 g/mol. The van der Waals surface area contributed by atoms with Gasteiger partial charge in [0.1, 0.15) is 10.8 Å². The number of nitrogens with one attached hydrogen (secondary N) is 1. The number of thiazole rings is 1. The fourth-order valence-electron chi connectivity index (χ4n) is 2.92. The lowest BCUT2D eigenvalue weighted by atomic mass is 10.2. The van der Waals surface area contributed by atoms with E-state index in [2.05, 4.69) is 30.4 Å². The molecular formula is C23H20N2O2S. The third kappa shape index (κ3) is 4.05. The summed E-state index contributed by atoms with van der Waals surface area (Å²) >= 11 is 1.67. The predicted octanol–water partition coefficient (Wildman–Crippen LogP) is 5.60. The van der Waals surface area contributed by atoms with Gasteiger partial charge in [-0.05, 0) is 67.4 Å². The van der Waals surface area contributed by atoms with Gasteiger partial charge in [-0.25, -0.2) is 4.98 Å². The first-order valence-electron chi connectivity index (χ1n) is 9.04. The minimum absolute atomic E-state index is 0.0240. The molecule has 4 nitrogen and oxygen atoms in total. The van der Waals surface area contributed by atoms with Gasteiger partial charge in [-0.1, -0.05) is 24.3 Å². The van der Waals surface area contributed by atoms with Crippen LogP contribution in [0.15, 0.2) is 66.7 Å². The number of amides is 1. The monoisotopic (exact) mass is 388 g/mol. The normalized spacial score (nSPS) is 10.8. The van der Waals surface area contributed by atoms with E-state index in [1.165, 1.54) is 10.3 Å². The van der Waals surface area contributed by atoms with Crippen LogP contribution < -0.4 is 10.1 Å². The van der Waals surface area contributed by atoms with Crippen molar-refractivity contribution in [2.24, 2.45) is 0 Å². The molecule has 140 valence electrons. The summed E-state index contributed by atoms with van der Waals surface area (Å²) in [6, 6.07) is 21.7. The first kappa shape index (κ1) is 18.2. The zero-order valence-electron chi connectivity index (χ0n) is 15.7. The molecule has 0 atom stereocenters. The molecule has 0 aliphatic rings. The van der Waals surface area contributed by atoms with Crippen LogP contribution in [0.1, 0.15) is 11.1 Å². The van der Waals surface area contributed by atoms with Crippen molar-refractivity contribution in [1.82, 2.24) is 4.98 Å². The van der Waals surface area contributed by atoms with E-state index in [0.29, 0.717) is 0 Å². The summed E-state index contributed by atoms with van der Waals surface area (Å²) < 4.78 is 6.76. The SMILES string of the molecule is Cc1ccc2sc(-c3ccc(NC(=O)COc4ccccc4C)cc3)nc2c1. The number of hydrogen-bond acceptors (Lipinski definition) is 4. The van der Waals surface area contributed by atoms with Gasteiger partial charge in [0.25, 0.3) is 5.91 Å². The standard InChI is InChI=1S/C23H20N2O2S/c1-15-7-12-21-19(13-15)25-23(28-21)17-8-10-18(11-9-17)24-22(26)14-27-20-6-4-3-5-16(20)2/h3-13H,14H2,1-2H3,(H,24,26). The number of anilines is 1. The zero-order chi connectivity index (χ0) is 19.5. The maximum Gasteiger partial charge on any atom is 0.262 e. The molecule has 1 N–H and O–H groups in total. The Bertz CT molecular complexity index is 1130. The first-order valence-corrected chi connectivity index (χ1v) is 9.86. The lowest BCUT2D eigenvalue weighted by Crippen LogP contribution is -2.20. The van der Waals surface area contributed by atoms with Gasteiger partial charge < -0.3 is 10.1 Å². The summed E-state index contributed by atoms with van der Waals surface area (Å²) in [5, 5.41) is 3.84. The minimum atomic E-state index is -0.188. The van der Waals surface area contributed by atoms with E-state index in [-0.39, 0.29) is 12.5 Å². The highest BCUT2D eigenvalue weighted by Crippen LogP contribution is 2.31. The average Bonchev–Trinajstić information content (AvgIpc) is 3.11. The molecule has 28 heavy (non-hydrogen) atoms. The molecule has 0 saturated carbocycles. The highest BCUT2D eigenvalue weighted by Gasteiger charge is 2.08. The molecule has 0 fully saturated rings. The number of nitrogens with zero attached hydrogens (tertiary/aromatic N) is 1. The number of aryl methyl sites for hydroxylation is 2. The second-order valence-electron chi connectivity index (χ2n) is 6.67. The quantitative estimate of drug-likeness (QED) is 0.484. The van der Waals surface area contributed by atoms with Crippen LogP contribution in [0.3, 0.4) is 0 Å². The van der Waals surface area contributed by atoms with Crippen LogP contribution in [0, 0.1) is 13.8 Å². The Morgan fingerprint density at radius 3 is 2.61 bits per heavy atom. The molecule has 0 spiro atoms. The molecule has 0 saturated heterocycles. The van der Waals surface area contributed by atoms with Crippen LogP contribution in [0.25, 0.3) is 20.8 Å². The third-order valence-electron chi connectivity index (χ3n) is 4.41. The van der Waals surface area contributed by atoms with Gasteiger partial charge in [0.05, 0.1) is 10.2 Å². The number of hydrogen-bond donors (Lipinski definition) is 1. The fraction of sp³-hybridized carbons (Fsp3) is 0.130. The molecule has 1 aromatic heterocycles. The number of fused-ring (bicyclic) bond motifs is 1. The summed E-state index contributed by atoms with van der Waals surface area (Å²) in [4.78, 5) is 16.9. The number of ether oxygens (including phenoxy) is 1. The smallest absolute Gasteiger partial charge is 0.262 e. The van der Waals surface area contributed by atoms with E-state index in [1.807, 2.05) is 55.5 Å². The Labute approximate surface area is 167 Å². The number of benzene rings is 3. The molecule has 4 rings (SSSR count). The van der Waals surface area contributed by atoms with E-state index in [9.17, 15) is 4.79 Å². The van der Waals surface area contributed by atoms with Crippen LogP contribution in [-0.2, 0) is 4.79 Å². The largest absolute Gasteiger partial charge is 0.483 e. The maximum absolute atomic E-state index is 12.2. The van der Waals surface area contributed by atoms with Crippen molar-refractivity contribution in [3.63, 3.8) is 0 Å². The Balaban J connectivity index is 1.41. The lowest BCUT2D eigenvalue weighted by molar-refractivity contribution is -0.118. The van der Waals surface area contributed by atoms with Crippen LogP contribution >= 0.6 is 11.3 Å². The van der Waals surface area contributed by atoms with Crippen molar-refractivity contribution in [3.05, 3.63) is 77.9 Å². The van der Waals surface area contributed by atoms with Crippen molar-refractivity contribution in [2.75, 3.05) is 11.9 Å². The number of carbonyl (C=O) groups is 1. The van der Waals surface area contributed by atoms with Crippen LogP contribution in [0.4, 0.5) is 5.69 Å². The van der Waals surface area contributed by atoms with Crippen LogP contribution in [0.2, 0.25) is 0 Å². The van der Waals surface area contributed by atoms with E-state index in [0.717, 1.165) is 33.1 Å². The molecule has 1 amide bonds. The summed E-state index contributed by atoms with van der Waals surface area (Å²) in [6.45, 7) is 4.00. The van der Waals surface area contributed by atoms with Crippen LogP contribution in [-0.4, -0.2) is 17.5 Å². The Kier molecular flexibility index (Phi) is 5.08. The highest BCUT2D eigenvalue weighted by molar-refractivity contribution is 7.21. The van der Waals surface area contributed by atoms with E-state index in [1.54, 1.807) is 11.3 Å². The van der Waals surface area contributed by atoms with Crippen LogP contribution in [0.5, 0.6) is 5.75 Å². The number of aromatic nitrogens is 1. The molecule has 0 radical (unpaired) electrons.